The molecular weight excluding hydrogens is 955 g/mol. The first kappa shape index (κ1) is 62.0. The lowest BCUT2D eigenvalue weighted by Crippen LogP contribution is -2.28. The average Bonchev–Trinajstić information content (AvgIpc) is 3.43. The number of unbranched alkanes of at least 4 members (excludes halogenated alkanes) is 7. The van der Waals surface area contributed by atoms with Crippen LogP contribution >= 0.6 is 0 Å². The Balaban J connectivity index is 0.000000233. The number of hydrogen-bond acceptors (Lipinski definition) is 3. The molecular formula is C69H93N3Si3. The van der Waals surface area contributed by atoms with Gasteiger partial charge in [0, 0.05) is 17.6 Å². The van der Waals surface area contributed by atoms with Crippen LogP contribution in [0, 0.1) is 46.8 Å². The highest BCUT2D eigenvalue weighted by Gasteiger charge is 2.22. The van der Waals surface area contributed by atoms with Crippen LogP contribution in [0.5, 0.6) is 0 Å². The van der Waals surface area contributed by atoms with E-state index in [1.165, 1.54) is 153 Å². The maximum atomic E-state index is 8.92. The highest BCUT2D eigenvalue weighted by Crippen LogP contribution is 2.38. The van der Waals surface area contributed by atoms with Crippen molar-refractivity contribution in [2.45, 2.75) is 186 Å². The fourth-order valence-corrected chi connectivity index (χ4v) is 15.3. The molecule has 1 fully saturated rings. The van der Waals surface area contributed by atoms with Gasteiger partial charge >= 0.3 is 0 Å². The van der Waals surface area contributed by atoms with Crippen molar-refractivity contribution in [2.24, 2.45) is 5.92 Å². The number of nitriles is 3. The predicted molar refractivity (Wildman–Crippen MR) is 335 cm³/mol. The smallest absolute Gasteiger partial charge is 0.0991 e. The third-order valence-electron chi connectivity index (χ3n) is 14.9. The Hall–Kier alpha value is -5.56. The molecule has 3 nitrogen and oxygen atoms in total. The first-order valence-corrected chi connectivity index (χ1v) is 38.5. The van der Waals surface area contributed by atoms with E-state index in [0.717, 1.165) is 28.5 Å². The molecule has 0 aromatic heterocycles. The Bertz CT molecular complexity index is 2590. The molecule has 0 atom stereocenters. The molecule has 6 heteroatoms. The van der Waals surface area contributed by atoms with Gasteiger partial charge in [-0.2, -0.15) is 15.8 Å². The van der Waals surface area contributed by atoms with Crippen LogP contribution < -0.4 is 0 Å². The summed E-state index contributed by atoms with van der Waals surface area (Å²) in [4.78, 5) is 0. The fraction of sp³-hybridized carbons (Fsp3) is 0.435. The van der Waals surface area contributed by atoms with Gasteiger partial charge in [0.05, 0.1) is 43.0 Å². The summed E-state index contributed by atoms with van der Waals surface area (Å²) in [6.45, 7) is 21.5. The zero-order valence-corrected chi connectivity index (χ0v) is 51.4. The Morgan fingerprint density at radius 2 is 0.853 bits per heavy atom. The van der Waals surface area contributed by atoms with Gasteiger partial charge in [0.15, 0.2) is 0 Å². The molecule has 0 N–H and O–H groups in total. The van der Waals surface area contributed by atoms with Gasteiger partial charge in [-0.25, -0.2) is 0 Å². The second-order valence-electron chi connectivity index (χ2n) is 23.3. The molecule has 0 spiro atoms. The van der Waals surface area contributed by atoms with Gasteiger partial charge in [-0.1, -0.05) is 262 Å². The van der Waals surface area contributed by atoms with Gasteiger partial charge in [0.25, 0.3) is 0 Å². The summed E-state index contributed by atoms with van der Waals surface area (Å²) in [6, 6.07) is 62.0. The van der Waals surface area contributed by atoms with Crippen molar-refractivity contribution in [2.75, 3.05) is 0 Å². The van der Waals surface area contributed by atoms with E-state index in [1.54, 1.807) is 6.04 Å². The number of hydrogen-bond donors (Lipinski definition) is 0. The van der Waals surface area contributed by atoms with Crippen molar-refractivity contribution in [1.82, 2.24) is 0 Å². The Morgan fingerprint density at radius 1 is 0.453 bits per heavy atom. The number of nitrogens with zero attached hydrogens (tertiary/aromatic N) is 3. The van der Waals surface area contributed by atoms with Crippen LogP contribution in [-0.4, -0.2) is 25.7 Å². The molecule has 1 aliphatic carbocycles. The van der Waals surface area contributed by atoms with Crippen LogP contribution in [0.25, 0.3) is 33.4 Å². The third kappa shape index (κ3) is 24.3. The molecule has 0 bridgehead atoms. The van der Waals surface area contributed by atoms with E-state index < -0.39 is 16.1 Å². The maximum absolute atomic E-state index is 8.92. The summed E-state index contributed by atoms with van der Waals surface area (Å²) >= 11 is 0. The Morgan fingerprint density at radius 3 is 1.28 bits per heavy atom. The lowest BCUT2D eigenvalue weighted by atomic mass is 9.77. The van der Waals surface area contributed by atoms with E-state index in [4.69, 9.17) is 15.8 Å². The topological polar surface area (TPSA) is 71.4 Å². The summed E-state index contributed by atoms with van der Waals surface area (Å²) < 4.78 is 0. The van der Waals surface area contributed by atoms with Crippen molar-refractivity contribution in [3.63, 3.8) is 0 Å². The molecule has 6 aromatic carbocycles. The standard InChI is InChI=1S/C25H27NSi.C23H37NSi.C14H11N.C7H18Si/c1-4-17-27(2,3)19-21-7-11-23(12-8-21)25-15-13-24(14-16-25)22-9-5-20(18-26)6-10-22;1-25(2,3)18-8-6-4-5-7-9-20-10-14-22(15-11-20)23-16-12-21(19-24)13-17-23;1-11-2-6-13(7-3-11)14-8-4-12(10-15)5-9-14;1-3-4-5-6-7-8-2/h5-16H,4,17,19H2,1-3H3;12-13,16-17,20,22H,4-11,14-15,18H2,1-3H3;2-9H,1H3;3-8H2,1-2H3. The largest absolute Gasteiger partial charge is 0.192 e. The van der Waals surface area contributed by atoms with Crippen molar-refractivity contribution < 1.29 is 0 Å². The van der Waals surface area contributed by atoms with Crippen molar-refractivity contribution in [1.29, 1.82) is 15.8 Å². The summed E-state index contributed by atoms with van der Waals surface area (Å²) in [7, 11) is -1.54. The zero-order valence-electron chi connectivity index (χ0n) is 48.0. The molecule has 0 amide bonds. The minimum atomic E-state index is -1.11. The molecule has 0 radical (unpaired) electrons. The average molecular weight is 1050 g/mol. The minimum Gasteiger partial charge on any atom is -0.192 e. The number of aryl methyl sites for hydroxylation is 1. The van der Waals surface area contributed by atoms with Crippen LogP contribution in [-0.2, 0) is 6.04 Å². The van der Waals surface area contributed by atoms with E-state index in [9.17, 15) is 0 Å². The molecule has 0 heterocycles. The number of rotatable bonds is 21. The molecule has 75 heavy (non-hydrogen) atoms. The zero-order chi connectivity index (χ0) is 54.3. The van der Waals surface area contributed by atoms with E-state index in [0.29, 0.717) is 20.6 Å². The normalized spacial score (nSPS) is 14.2. The van der Waals surface area contributed by atoms with Gasteiger partial charge in [-0.3, -0.25) is 0 Å². The van der Waals surface area contributed by atoms with Gasteiger partial charge in [0.2, 0.25) is 0 Å². The molecule has 1 aliphatic rings. The monoisotopic (exact) mass is 1050 g/mol. The van der Waals surface area contributed by atoms with Gasteiger partial charge in [-0.15, -0.1) is 0 Å². The SMILES string of the molecule is CCCCCC[SiH2]C.CCC[Si](C)(C)Cc1ccc(-c2ccc(-c3ccc(C#N)cc3)cc2)cc1.C[Si](C)(C)CCCCCCCC1CCC(c2ccc(C#N)cc2)CC1.Cc1ccc(-c2ccc(C#N)cc2)cc1. The van der Waals surface area contributed by atoms with Crippen molar-refractivity contribution >= 4 is 25.7 Å². The number of benzene rings is 6. The molecule has 396 valence electrons. The highest BCUT2D eigenvalue weighted by atomic mass is 28.3. The first-order chi connectivity index (χ1) is 36.2. The van der Waals surface area contributed by atoms with Gasteiger partial charge in [0.1, 0.15) is 0 Å². The predicted octanol–water partition coefficient (Wildman–Crippen LogP) is 20.3. The molecule has 7 rings (SSSR count). The maximum Gasteiger partial charge on any atom is 0.0991 e. The quantitative estimate of drug-likeness (QED) is 0.0533. The van der Waals surface area contributed by atoms with Crippen molar-refractivity contribution in [3.05, 3.63) is 179 Å². The fourth-order valence-electron chi connectivity index (χ4n) is 10.3. The summed E-state index contributed by atoms with van der Waals surface area (Å²) in [5, 5.41) is 26.5. The van der Waals surface area contributed by atoms with Crippen LogP contribution in [0.2, 0.25) is 57.4 Å². The second kappa shape index (κ2) is 34.2. The minimum absolute atomic E-state index is 0.386. The van der Waals surface area contributed by atoms with E-state index in [1.807, 2.05) is 60.7 Å². The van der Waals surface area contributed by atoms with Crippen molar-refractivity contribution in [3.8, 4) is 51.6 Å². The second-order valence-corrected chi connectivity index (χ2v) is 35.9. The third-order valence-corrected chi connectivity index (χ3v) is 21.2. The molecule has 1 saturated carbocycles. The van der Waals surface area contributed by atoms with E-state index >= 15 is 0 Å². The molecule has 0 unspecified atom stereocenters. The van der Waals surface area contributed by atoms with E-state index in [2.05, 4.69) is 163 Å². The van der Waals surface area contributed by atoms with Crippen LogP contribution in [0.3, 0.4) is 0 Å². The molecule has 6 aromatic rings. The van der Waals surface area contributed by atoms with E-state index in [-0.39, 0.29) is 0 Å². The molecule has 0 saturated heterocycles. The first-order valence-electron chi connectivity index (χ1n) is 29.0. The highest BCUT2D eigenvalue weighted by molar-refractivity contribution is 6.77. The summed E-state index contributed by atoms with van der Waals surface area (Å²) in [5.41, 5.74) is 13.5. The molecule has 0 aliphatic heterocycles. The van der Waals surface area contributed by atoms with Crippen LogP contribution in [0.4, 0.5) is 0 Å². The summed E-state index contributed by atoms with van der Waals surface area (Å²) in [5.74, 6) is 1.70. The lowest BCUT2D eigenvalue weighted by Gasteiger charge is -2.29. The van der Waals surface area contributed by atoms with Crippen LogP contribution in [0.15, 0.2) is 146 Å². The van der Waals surface area contributed by atoms with Crippen LogP contribution in [0.1, 0.15) is 149 Å². The summed E-state index contributed by atoms with van der Waals surface area (Å²) in [6.07, 6.45) is 21.3. The van der Waals surface area contributed by atoms with Gasteiger partial charge in [-0.05, 0) is 126 Å². The Labute approximate surface area is 461 Å². The van der Waals surface area contributed by atoms with Gasteiger partial charge < -0.3 is 0 Å². The Kier molecular flexibility index (Phi) is 28.2. The lowest BCUT2D eigenvalue weighted by molar-refractivity contribution is 0.302.